The lowest BCUT2D eigenvalue weighted by Gasteiger charge is -2.22. The minimum atomic E-state index is 0.617. The molecule has 2 saturated heterocycles. The minimum Gasteiger partial charge on any atom is -0.362 e. The Hall–Kier alpha value is 0.170. The number of nitrogens with zero attached hydrogens (tertiary/aromatic N) is 1. The zero-order chi connectivity index (χ0) is 9.80. The molecule has 0 aromatic carbocycles. The summed E-state index contributed by atoms with van der Waals surface area (Å²) < 4.78 is 0. The summed E-state index contributed by atoms with van der Waals surface area (Å²) in [5.41, 5.74) is 0. The van der Waals surface area contributed by atoms with Gasteiger partial charge in [0, 0.05) is 17.0 Å². The van der Waals surface area contributed by atoms with E-state index in [9.17, 15) is 0 Å². The van der Waals surface area contributed by atoms with Gasteiger partial charge in [-0.2, -0.15) is 11.8 Å². The average molecular weight is 230 g/mol. The van der Waals surface area contributed by atoms with Gasteiger partial charge in [-0.3, -0.25) is 4.99 Å². The number of hydrogen-bond donors (Lipinski definition) is 1. The fraction of sp³-hybridized carbons (Fsp3) is 0.900. The quantitative estimate of drug-likeness (QED) is 0.788. The molecule has 0 spiro atoms. The summed E-state index contributed by atoms with van der Waals surface area (Å²) in [6.07, 6.45) is 4.01. The van der Waals surface area contributed by atoms with Gasteiger partial charge in [0.1, 0.15) is 0 Å². The second-order valence-electron chi connectivity index (χ2n) is 3.96. The number of amidine groups is 1. The highest BCUT2D eigenvalue weighted by Gasteiger charge is 2.17. The predicted molar refractivity (Wildman–Crippen MR) is 67.5 cm³/mol. The van der Waals surface area contributed by atoms with Crippen LogP contribution in [0.25, 0.3) is 0 Å². The number of hydrogen-bond acceptors (Lipinski definition) is 3. The molecule has 0 aliphatic carbocycles. The van der Waals surface area contributed by atoms with Gasteiger partial charge in [0.15, 0.2) is 5.17 Å². The van der Waals surface area contributed by atoms with Crippen molar-refractivity contribution in [1.82, 2.24) is 5.32 Å². The van der Waals surface area contributed by atoms with E-state index in [1.807, 2.05) is 11.8 Å². The van der Waals surface area contributed by atoms with Crippen LogP contribution in [-0.2, 0) is 0 Å². The Bertz CT molecular complexity index is 212. The van der Waals surface area contributed by atoms with Crippen LogP contribution in [0.4, 0.5) is 0 Å². The van der Waals surface area contributed by atoms with Crippen LogP contribution >= 0.6 is 23.5 Å². The average Bonchev–Trinajstić information content (AvgIpc) is 2.67. The van der Waals surface area contributed by atoms with Gasteiger partial charge >= 0.3 is 0 Å². The third-order valence-corrected chi connectivity index (χ3v) is 4.96. The Morgan fingerprint density at radius 1 is 1.43 bits per heavy atom. The van der Waals surface area contributed by atoms with Gasteiger partial charge in [-0.25, -0.2) is 0 Å². The van der Waals surface area contributed by atoms with E-state index in [1.165, 1.54) is 35.9 Å². The van der Waals surface area contributed by atoms with Gasteiger partial charge < -0.3 is 5.32 Å². The highest BCUT2D eigenvalue weighted by Crippen LogP contribution is 2.26. The van der Waals surface area contributed by atoms with Crippen LogP contribution in [-0.4, -0.2) is 34.5 Å². The summed E-state index contributed by atoms with van der Waals surface area (Å²) >= 11 is 3.97. The van der Waals surface area contributed by atoms with E-state index in [4.69, 9.17) is 0 Å². The maximum absolute atomic E-state index is 4.66. The van der Waals surface area contributed by atoms with Gasteiger partial charge in [0.2, 0.25) is 0 Å². The molecule has 80 valence electrons. The van der Waals surface area contributed by atoms with Crippen LogP contribution in [0.5, 0.6) is 0 Å². The Morgan fingerprint density at radius 3 is 3.07 bits per heavy atom. The molecule has 0 radical (unpaired) electrons. The molecule has 4 heteroatoms. The zero-order valence-corrected chi connectivity index (χ0v) is 10.3. The Kier molecular flexibility index (Phi) is 4.05. The van der Waals surface area contributed by atoms with Gasteiger partial charge in [-0.1, -0.05) is 11.8 Å². The van der Waals surface area contributed by atoms with Crippen molar-refractivity contribution >= 4 is 28.7 Å². The molecule has 1 N–H and O–H groups in total. The summed E-state index contributed by atoms with van der Waals surface area (Å²) in [6.45, 7) is 3.26. The summed E-state index contributed by atoms with van der Waals surface area (Å²) in [5, 5.41) is 5.41. The molecular weight excluding hydrogens is 212 g/mol. The van der Waals surface area contributed by atoms with Crippen LogP contribution in [0.2, 0.25) is 0 Å². The summed E-state index contributed by atoms with van der Waals surface area (Å²) in [4.78, 5) is 4.66. The van der Waals surface area contributed by atoms with Gasteiger partial charge in [-0.15, -0.1) is 0 Å². The highest BCUT2D eigenvalue weighted by atomic mass is 32.2. The molecule has 0 bridgehead atoms. The molecule has 2 heterocycles. The molecule has 0 aromatic heterocycles. The van der Waals surface area contributed by atoms with E-state index in [2.05, 4.69) is 29.0 Å². The monoisotopic (exact) mass is 230 g/mol. The van der Waals surface area contributed by atoms with Crippen molar-refractivity contribution in [2.45, 2.75) is 37.5 Å². The lowest BCUT2D eigenvalue weighted by atomic mass is 10.2. The minimum absolute atomic E-state index is 0.617. The van der Waals surface area contributed by atoms with Gasteiger partial charge in [-0.05, 0) is 31.9 Å². The summed E-state index contributed by atoms with van der Waals surface area (Å²) in [7, 11) is 0. The molecule has 2 rings (SSSR count). The van der Waals surface area contributed by atoms with Gasteiger partial charge in [0.25, 0.3) is 0 Å². The smallest absolute Gasteiger partial charge is 0.156 e. The van der Waals surface area contributed by atoms with Crippen molar-refractivity contribution in [2.24, 2.45) is 4.99 Å². The third-order valence-electron chi connectivity index (χ3n) is 2.62. The summed E-state index contributed by atoms with van der Waals surface area (Å²) in [5.74, 6) is 2.57. The highest BCUT2D eigenvalue weighted by molar-refractivity contribution is 8.13. The van der Waals surface area contributed by atoms with Crippen LogP contribution in [0.15, 0.2) is 4.99 Å². The molecular formula is C10H18N2S2. The number of rotatable bonds is 2. The van der Waals surface area contributed by atoms with E-state index >= 15 is 0 Å². The van der Waals surface area contributed by atoms with E-state index in [1.54, 1.807) is 0 Å². The fourth-order valence-corrected chi connectivity index (χ4v) is 4.02. The standard InChI is InChI=1S/C10H18N2S2/c1-8-4-6-14-10(12-8)11-7-9-3-2-5-13-9/h8-9H,2-7H2,1H3,(H,11,12). The maximum Gasteiger partial charge on any atom is 0.156 e. The SMILES string of the molecule is CC1CCSC(=NCC2CCCS2)N1. The third kappa shape index (κ3) is 3.09. The first-order chi connectivity index (χ1) is 6.84. The second-order valence-corrected chi connectivity index (χ2v) is 6.46. The lowest BCUT2D eigenvalue weighted by Crippen LogP contribution is -2.35. The molecule has 2 atom stereocenters. The van der Waals surface area contributed by atoms with Crippen LogP contribution < -0.4 is 5.32 Å². The van der Waals surface area contributed by atoms with Crippen molar-refractivity contribution in [3.05, 3.63) is 0 Å². The van der Waals surface area contributed by atoms with Crippen LogP contribution in [0, 0.1) is 0 Å². The Morgan fingerprint density at radius 2 is 2.36 bits per heavy atom. The molecule has 14 heavy (non-hydrogen) atoms. The molecule has 2 nitrogen and oxygen atoms in total. The largest absolute Gasteiger partial charge is 0.362 e. The second kappa shape index (κ2) is 5.31. The van der Waals surface area contributed by atoms with Crippen molar-refractivity contribution in [1.29, 1.82) is 0 Å². The van der Waals surface area contributed by atoms with Crippen molar-refractivity contribution in [3.8, 4) is 0 Å². The van der Waals surface area contributed by atoms with Crippen LogP contribution in [0.3, 0.4) is 0 Å². The molecule has 2 aliphatic rings. The first kappa shape index (κ1) is 10.7. The number of nitrogens with one attached hydrogen (secondary N) is 1. The summed E-state index contributed by atoms with van der Waals surface area (Å²) in [6, 6.07) is 0.617. The van der Waals surface area contributed by atoms with Gasteiger partial charge in [0.05, 0.1) is 6.54 Å². The van der Waals surface area contributed by atoms with E-state index < -0.39 is 0 Å². The first-order valence-corrected chi connectivity index (χ1v) is 7.43. The normalized spacial score (nSPS) is 35.9. The molecule has 0 saturated carbocycles. The van der Waals surface area contributed by atoms with E-state index in [0.717, 1.165) is 11.8 Å². The topological polar surface area (TPSA) is 24.4 Å². The van der Waals surface area contributed by atoms with E-state index in [-0.39, 0.29) is 0 Å². The van der Waals surface area contributed by atoms with E-state index in [0.29, 0.717) is 6.04 Å². The lowest BCUT2D eigenvalue weighted by molar-refractivity contribution is 0.641. The number of thioether (sulfide) groups is 2. The van der Waals surface area contributed by atoms with Crippen LogP contribution in [0.1, 0.15) is 26.2 Å². The Balaban J connectivity index is 1.78. The maximum atomic E-state index is 4.66. The zero-order valence-electron chi connectivity index (χ0n) is 8.66. The number of aliphatic imine (C=N–C) groups is 1. The molecule has 0 aromatic rings. The van der Waals surface area contributed by atoms with Crippen molar-refractivity contribution in [2.75, 3.05) is 18.1 Å². The molecule has 2 unspecified atom stereocenters. The molecule has 2 fully saturated rings. The first-order valence-electron chi connectivity index (χ1n) is 5.40. The molecule has 2 aliphatic heterocycles. The molecule has 0 amide bonds. The Labute approximate surface area is 94.7 Å². The fourth-order valence-electron chi connectivity index (χ4n) is 1.72. The van der Waals surface area contributed by atoms with Crippen molar-refractivity contribution < 1.29 is 0 Å². The predicted octanol–water partition coefficient (Wildman–Crippen LogP) is 2.35. The van der Waals surface area contributed by atoms with Crippen molar-refractivity contribution in [3.63, 3.8) is 0 Å².